The van der Waals surface area contributed by atoms with E-state index in [4.69, 9.17) is 49.5 Å². The third-order valence-corrected chi connectivity index (χ3v) is 3.52. The zero-order valence-corrected chi connectivity index (χ0v) is 14.0. The van der Waals surface area contributed by atoms with E-state index in [0.717, 1.165) is 5.56 Å². The second-order valence-corrected chi connectivity index (χ2v) is 5.69. The molecule has 0 aliphatic heterocycles. The Morgan fingerprint density at radius 2 is 1.70 bits per heavy atom. The largest absolute Gasteiger partial charge is 0.482 e. The molecule has 0 aliphatic carbocycles. The zero-order valence-electron chi connectivity index (χ0n) is 11.7. The van der Waals surface area contributed by atoms with Gasteiger partial charge in [-0.1, -0.05) is 46.9 Å². The van der Waals surface area contributed by atoms with Gasteiger partial charge in [-0.25, -0.2) is 4.79 Å². The van der Waals surface area contributed by atoms with E-state index in [2.05, 4.69) is 0 Å². The number of hydrogen-bond donors (Lipinski definition) is 0. The maximum Gasteiger partial charge on any atom is 0.349 e. The molecule has 0 heterocycles. The van der Waals surface area contributed by atoms with Crippen LogP contribution >= 0.6 is 34.8 Å². The summed E-state index contributed by atoms with van der Waals surface area (Å²) in [6, 6.07) is 11.7. The molecule has 2 aromatic carbocycles. The number of esters is 1. The maximum atomic E-state index is 11.8. The van der Waals surface area contributed by atoms with Crippen LogP contribution in [0, 0.1) is 11.3 Å². The average molecular weight is 371 g/mol. The first-order valence-electron chi connectivity index (χ1n) is 6.43. The van der Waals surface area contributed by atoms with E-state index in [9.17, 15) is 4.79 Å². The first kappa shape index (κ1) is 17.4. The lowest BCUT2D eigenvalue weighted by atomic mass is 10.2. The van der Waals surface area contributed by atoms with Crippen molar-refractivity contribution >= 4 is 40.8 Å². The lowest BCUT2D eigenvalue weighted by molar-refractivity contribution is -0.136. The monoisotopic (exact) mass is 369 g/mol. The average Bonchev–Trinajstić information content (AvgIpc) is 2.50. The molecule has 0 saturated heterocycles. The van der Waals surface area contributed by atoms with Gasteiger partial charge < -0.3 is 9.47 Å². The SMILES string of the molecule is N#CCc1ccc(OCC(=O)Oc2c(Cl)cc(Cl)cc2Cl)cc1. The zero-order chi connectivity index (χ0) is 16.8. The molecule has 7 heteroatoms. The molecule has 0 radical (unpaired) electrons. The molecule has 0 unspecified atom stereocenters. The van der Waals surface area contributed by atoms with Crippen molar-refractivity contribution in [1.82, 2.24) is 0 Å². The Hall–Kier alpha value is -1.93. The Balaban J connectivity index is 1.94. The Labute approximate surface area is 148 Å². The molecule has 0 aliphatic rings. The van der Waals surface area contributed by atoms with Gasteiger partial charge in [0.25, 0.3) is 0 Å². The summed E-state index contributed by atoms with van der Waals surface area (Å²) in [4.78, 5) is 11.8. The first-order chi connectivity index (χ1) is 11.0. The Morgan fingerprint density at radius 1 is 1.09 bits per heavy atom. The number of rotatable bonds is 5. The van der Waals surface area contributed by atoms with Crippen molar-refractivity contribution in [2.24, 2.45) is 0 Å². The molecule has 2 rings (SSSR count). The molecular weight excluding hydrogens is 361 g/mol. The van der Waals surface area contributed by atoms with Gasteiger partial charge >= 0.3 is 5.97 Å². The number of nitriles is 1. The van der Waals surface area contributed by atoms with Crippen LogP contribution in [0.5, 0.6) is 11.5 Å². The van der Waals surface area contributed by atoms with E-state index in [1.165, 1.54) is 12.1 Å². The standard InChI is InChI=1S/C16H10Cl3NO3/c17-11-7-13(18)16(14(19)8-11)23-15(21)9-22-12-3-1-10(2-4-12)5-6-20/h1-4,7-8H,5,9H2. The fourth-order valence-corrected chi connectivity index (χ4v) is 2.60. The lowest BCUT2D eigenvalue weighted by Gasteiger charge is -2.10. The quantitative estimate of drug-likeness (QED) is 0.565. The summed E-state index contributed by atoms with van der Waals surface area (Å²) in [5.41, 5.74) is 0.863. The van der Waals surface area contributed by atoms with E-state index in [0.29, 0.717) is 17.2 Å². The van der Waals surface area contributed by atoms with Gasteiger partial charge in [0, 0.05) is 5.02 Å². The molecule has 0 N–H and O–H groups in total. The summed E-state index contributed by atoms with van der Waals surface area (Å²) in [5, 5.41) is 9.21. The highest BCUT2D eigenvalue weighted by Crippen LogP contribution is 2.35. The fourth-order valence-electron chi connectivity index (χ4n) is 1.71. The van der Waals surface area contributed by atoms with E-state index >= 15 is 0 Å². The number of halogens is 3. The lowest BCUT2D eigenvalue weighted by Crippen LogP contribution is -2.18. The highest BCUT2D eigenvalue weighted by Gasteiger charge is 2.14. The second kappa shape index (κ2) is 8.07. The van der Waals surface area contributed by atoms with Gasteiger partial charge in [0.2, 0.25) is 0 Å². The van der Waals surface area contributed by atoms with Crippen molar-refractivity contribution < 1.29 is 14.3 Å². The molecule has 0 amide bonds. The molecule has 0 bridgehead atoms. The molecule has 0 fully saturated rings. The van der Waals surface area contributed by atoms with Gasteiger partial charge in [-0.05, 0) is 29.8 Å². The van der Waals surface area contributed by atoms with Crippen LogP contribution in [-0.4, -0.2) is 12.6 Å². The topological polar surface area (TPSA) is 59.3 Å². The minimum Gasteiger partial charge on any atom is -0.482 e. The summed E-state index contributed by atoms with van der Waals surface area (Å²) >= 11 is 17.6. The van der Waals surface area contributed by atoms with Crippen LogP contribution in [0.15, 0.2) is 36.4 Å². The van der Waals surface area contributed by atoms with Gasteiger partial charge in [-0.3, -0.25) is 0 Å². The molecule has 0 spiro atoms. The molecule has 23 heavy (non-hydrogen) atoms. The van der Waals surface area contributed by atoms with Gasteiger partial charge in [0.15, 0.2) is 12.4 Å². The van der Waals surface area contributed by atoms with Gasteiger partial charge in [0.1, 0.15) is 5.75 Å². The molecule has 118 valence electrons. The van der Waals surface area contributed by atoms with Crippen LogP contribution in [0.25, 0.3) is 0 Å². The van der Waals surface area contributed by atoms with Crippen LogP contribution in [0.1, 0.15) is 5.56 Å². The fraction of sp³-hybridized carbons (Fsp3) is 0.125. The number of carbonyl (C=O) groups is 1. The smallest absolute Gasteiger partial charge is 0.349 e. The molecule has 0 saturated carbocycles. The van der Waals surface area contributed by atoms with Crippen molar-refractivity contribution in [2.75, 3.05) is 6.61 Å². The summed E-state index contributed by atoms with van der Waals surface area (Å²) in [5.74, 6) is -0.134. The summed E-state index contributed by atoms with van der Waals surface area (Å²) in [7, 11) is 0. The van der Waals surface area contributed by atoms with E-state index in [1.807, 2.05) is 6.07 Å². The van der Waals surface area contributed by atoms with E-state index in [-0.39, 0.29) is 22.4 Å². The van der Waals surface area contributed by atoms with Crippen LogP contribution in [-0.2, 0) is 11.2 Å². The van der Waals surface area contributed by atoms with E-state index < -0.39 is 5.97 Å². The van der Waals surface area contributed by atoms with Gasteiger partial charge in [0.05, 0.1) is 22.5 Å². The highest BCUT2D eigenvalue weighted by molar-refractivity contribution is 6.40. The minimum absolute atomic E-state index is 0.0377. The first-order valence-corrected chi connectivity index (χ1v) is 7.57. The highest BCUT2D eigenvalue weighted by atomic mass is 35.5. The van der Waals surface area contributed by atoms with Crippen LogP contribution in [0.2, 0.25) is 15.1 Å². The van der Waals surface area contributed by atoms with Crippen molar-refractivity contribution in [2.45, 2.75) is 6.42 Å². The van der Waals surface area contributed by atoms with Crippen LogP contribution in [0.3, 0.4) is 0 Å². The van der Waals surface area contributed by atoms with Gasteiger partial charge in [-0.15, -0.1) is 0 Å². The minimum atomic E-state index is -0.655. The predicted molar refractivity (Wildman–Crippen MR) is 88.4 cm³/mol. The third kappa shape index (κ3) is 5.04. The number of benzene rings is 2. The van der Waals surface area contributed by atoms with Crippen molar-refractivity contribution in [1.29, 1.82) is 5.26 Å². The normalized spacial score (nSPS) is 10.0. The predicted octanol–water partition coefficient (Wildman–Crippen LogP) is 4.70. The van der Waals surface area contributed by atoms with Gasteiger partial charge in [-0.2, -0.15) is 5.26 Å². The Bertz CT molecular complexity index is 731. The number of nitrogens with zero attached hydrogens (tertiary/aromatic N) is 1. The molecule has 0 aromatic heterocycles. The molecule has 4 nitrogen and oxygen atoms in total. The molecule has 2 aromatic rings. The summed E-state index contributed by atoms with van der Waals surface area (Å²) < 4.78 is 10.4. The summed E-state index contributed by atoms with van der Waals surface area (Å²) in [6.07, 6.45) is 0.315. The number of hydrogen-bond acceptors (Lipinski definition) is 4. The second-order valence-electron chi connectivity index (χ2n) is 4.44. The molecular formula is C16H10Cl3NO3. The molecule has 0 atom stereocenters. The van der Waals surface area contributed by atoms with Crippen molar-refractivity contribution in [3.8, 4) is 17.6 Å². The van der Waals surface area contributed by atoms with Crippen LogP contribution in [0.4, 0.5) is 0 Å². The summed E-state index contributed by atoms with van der Waals surface area (Å²) in [6.45, 7) is -0.313. The maximum absolute atomic E-state index is 11.8. The van der Waals surface area contributed by atoms with Crippen LogP contribution < -0.4 is 9.47 Å². The third-order valence-electron chi connectivity index (χ3n) is 2.74. The number of carbonyl (C=O) groups excluding carboxylic acids is 1. The van der Waals surface area contributed by atoms with Crippen molar-refractivity contribution in [3.63, 3.8) is 0 Å². The van der Waals surface area contributed by atoms with E-state index in [1.54, 1.807) is 24.3 Å². The Morgan fingerprint density at radius 3 is 2.26 bits per heavy atom. The number of ether oxygens (including phenoxy) is 2. The Kier molecular flexibility index (Phi) is 6.12. The van der Waals surface area contributed by atoms with Crippen molar-refractivity contribution in [3.05, 3.63) is 57.0 Å².